The lowest BCUT2D eigenvalue weighted by Crippen LogP contribution is -2.58. The van der Waals surface area contributed by atoms with E-state index in [0.29, 0.717) is 29.9 Å². The molecule has 10 nitrogen and oxygen atoms in total. The van der Waals surface area contributed by atoms with Crippen LogP contribution in [0.3, 0.4) is 0 Å². The number of aryl methyl sites for hydroxylation is 1. The van der Waals surface area contributed by atoms with Gasteiger partial charge in [0.25, 0.3) is 0 Å². The second-order valence-corrected chi connectivity index (χ2v) is 11.6. The zero-order valence-electron chi connectivity index (χ0n) is 21.4. The molecule has 1 aliphatic carbocycles. The van der Waals surface area contributed by atoms with Crippen LogP contribution in [0.2, 0.25) is 0 Å². The first-order valence-corrected chi connectivity index (χ1v) is 13.1. The SMILES string of the molecule is C=N\C(=C/N=C(C)/C(F)=C/c1ccc(F)c([C@@]2(C)N=C(N)N(C)S(=O)(=O)C23CC3)c1)OCc1cc(C)on1. The summed E-state index contributed by atoms with van der Waals surface area (Å²) in [7, 11) is -2.56. The number of rotatable bonds is 8. The van der Waals surface area contributed by atoms with Crippen LogP contribution in [0.4, 0.5) is 8.78 Å². The Bertz CT molecular complexity index is 1510. The monoisotopic (exact) mass is 546 g/mol. The highest BCUT2D eigenvalue weighted by molar-refractivity contribution is 7.91. The summed E-state index contributed by atoms with van der Waals surface area (Å²) in [6, 6.07) is 5.61. The molecule has 1 fully saturated rings. The summed E-state index contributed by atoms with van der Waals surface area (Å²) in [6.07, 6.45) is 2.97. The maximum Gasteiger partial charge on any atom is 0.245 e. The molecular formula is C25H28F2N6O4S. The molecular weight excluding hydrogens is 518 g/mol. The van der Waals surface area contributed by atoms with E-state index in [1.165, 1.54) is 32.3 Å². The predicted octanol–water partition coefficient (Wildman–Crippen LogP) is 3.95. The molecule has 4 rings (SSSR count). The number of nitrogens with zero attached hydrogens (tertiary/aromatic N) is 5. The molecule has 2 aliphatic rings. The fraction of sp³-hybridized carbons (Fsp3) is 0.360. The number of hydrogen-bond acceptors (Lipinski definition) is 9. The molecule has 202 valence electrons. The number of aliphatic imine (C=N–C) groups is 3. The molecule has 0 saturated heterocycles. The van der Waals surface area contributed by atoms with Crippen LogP contribution in [0.25, 0.3) is 6.08 Å². The molecule has 13 heteroatoms. The van der Waals surface area contributed by atoms with Crippen LogP contribution in [0, 0.1) is 12.7 Å². The van der Waals surface area contributed by atoms with E-state index in [4.69, 9.17) is 15.0 Å². The van der Waals surface area contributed by atoms with E-state index in [0.717, 1.165) is 16.4 Å². The van der Waals surface area contributed by atoms with Gasteiger partial charge in [0.15, 0.2) is 0 Å². The molecule has 0 bridgehead atoms. The molecule has 1 spiro atoms. The third-order valence-corrected chi connectivity index (χ3v) is 9.53. The lowest BCUT2D eigenvalue weighted by atomic mass is 9.85. The Morgan fingerprint density at radius 1 is 1.37 bits per heavy atom. The van der Waals surface area contributed by atoms with Crippen molar-refractivity contribution in [2.75, 3.05) is 7.05 Å². The summed E-state index contributed by atoms with van der Waals surface area (Å²) in [4.78, 5) is 12.2. The first-order chi connectivity index (χ1) is 17.8. The number of hydrogen-bond donors (Lipinski definition) is 1. The van der Waals surface area contributed by atoms with Crippen molar-refractivity contribution < 1.29 is 26.5 Å². The predicted molar refractivity (Wildman–Crippen MR) is 140 cm³/mol. The van der Waals surface area contributed by atoms with Gasteiger partial charge in [0.1, 0.15) is 40.0 Å². The first-order valence-electron chi connectivity index (χ1n) is 11.6. The molecule has 0 amide bonds. The molecule has 1 atom stereocenters. The number of sulfonamides is 1. The molecule has 0 unspecified atom stereocenters. The van der Waals surface area contributed by atoms with E-state index in [1.54, 1.807) is 19.9 Å². The topological polar surface area (TPSA) is 136 Å². The standard InChI is InChI=1S/C25H28F2N6O4S/c1-15-10-18(32-37-15)14-36-22(29-4)13-30-16(2)21(27)12-17-6-7-20(26)19(11-17)24(3)25(8-9-25)38(34,35)33(5)23(28)31-24/h6-7,10-13H,4,8-9,14H2,1-3,5H3,(H2,28,31)/b21-12-,22-13+,30-16+/t24-/m1/s1. The largest absolute Gasteiger partial charge is 0.470 e. The Morgan fingerprint density at radius 3 is 2.68 bits per heavy atom. The Hall–Kier alpha value is -3.87. The van der Waals surface area contributed by atoms with Gasteiger partial charge in [0.05, 0.1) is 11.9 Å². The van der Waals surface area contributed by atoms with Crippen molar-refractivity contribution in [2.45, 2.75) is 50.5 Å². The summed E-state index contributed by atoms with van der Waals surface area (Å²) in [5, 5.41) is 3.80. The van der Waals surface area contributed by atoms with E-state index in [1.807, 2.05) is 0 Å². The van der Waals surface area contributed by atoms with E-state index in [9.17, 15) is 8.42 Å². The van der Waals surface area contributed by atoms with Gasteiger partial charge in [0, 0.05) is 18.7 Å². The number of allylic oxidation sites excluding steroid dienone is 1. The highest BCUT2D eigenvalue weighted by Gasteiger charge is 2.70. The number of ether oxygens (including phenoxy) is 1. The molecule has 2 N–H and O–H groups in total. The average molecular weight is 547 g/mol. The summed E-state index contributed by atoms with van der Waals surface area (Å²) in [5.74, 6) is -0.941. The Labute approximate surface area is 219 Å². The van der Waals surface area contributed by atoms with Gasteiger partial charge in [-0.2, -0.15) is 0 Å². The van der Waals surface area contributed by atoms with Gasteiger partial charge in [-0.15, -0.1) is 0 Å². The van der Waals surface area contributed by atoms with E-state index in [2.05, 4.69) is 26.9 Å². The van der Waals surface area contributed by atoms with Crippen LogP contribution in [-0.4, -0.2) is 48.1 Å². The highest BCUT2D eigenvalue weighted by Crippen LogP contribution is 2.60. The van der Waals surface area contributed by atoms with Crippen LogP contribution >= 0.6 is 0 Å². The molecule has 0 radical (unpaired) electrons. The molecule has 2 aromatic rings. The van der Waals surface area contributed by atoms with Gasteiger partial charge >= 0.3 is 0 Å². The van der Waals surface area contributed by atoms with Gasteiger partial charge in [-0.25, -0.2) is 31.5 Å². The third-order valence-electron chi connectivity index (χ3n) is 6.83. The van der Waals surface area contributed by atoms with Crippen molar-refractivity contribution in [3.63, 3.8) is 0 Å². The fourth-order valence-electron chi connectivity index (χ4n) is 4.43. The van der Waals surface area contributed by atoms with Crippen LogP contribution < -0.4 is 5.73 Å². The number of guanidine groups is 1. The maximum atomic E-state index is 15.1. The van der Waals surface area contributed by atoms with Gasteiger partial charge in [-0.1, -0.05) is 11.2 Å². The van der Waals surface area contributed by atoms with Crippen molar-refractivity contribution in [2.24, 2.45) is 20.7 Å². The van der Waals surface area contributed by atoms with Crippen LogP contribution in [-0.2, 0) is 26.9 Å². The van der Waals surface area contributed by atoms with Gasteiger partial charge in [0.2, 0.25) is 21.9 Å². The zero-order chi connectivity index (χ0) is 27.9. The van der Waals surface area contributed by atoms with Crippen molar-refractivity contribution in [3.05, 3.63) is 70.6 Å². The van der Waals surface area contributed by atoms with Gasteiger partial charge < -0.3 is 15.0 Å². The third kappa shape index (κ3) is 4.62. The van der Waals surface area contributed by atoms with Crippen molar-refractivity contribution in [3.8, 4) is 0 Å². The van der Waals surface area contributed by atoms with E-state index >= 15 is 8.78 Å². The molecule has 1 aliphatic heterocycles. The van der Waals surface area contributed by atoms with Crippen molar-refractivity contribution >= 4 is 34.5 Å². The molecule has 2 heterocycles. The fourth-order valence-corrected chi connectivity index (χ4v) is 6.52. The number of nitrogens with two attached hydrogens (primary N) is 1. The smallest absolute Gasteiger partial charge is 0.245 e. The zero-order valence-corrected chi connectivity index (χ0v) is 22.2. The van der Waals surface area contributed by atoms with E-state index < -0.39 is 32.0 Å². The minimum atomic E-state index is -3.88. The lowest BCUT2D eigenvalue weighted by molar-refractivity contribution is 0.188. The van der Waals surface area contributed by atoms with Crippen LogP contribution in [0.5, 0.6) is 0 Å². The number of halogens is 2. The van der Waals surface area contributed by atoms with Crippen molar-refractivity contribution in [1.82, 2.24) is 9.46 Å². The minimum absolute atomic E-state index is 0.00749. The van der Waals surface area contributed by atoms with Crippen LogP contribution in [0.15, 0.2) is 61.7 Å². The Kier molecular flexibility index (Phi) is 6.99. The molecule has 38 heavy (non-hydrogen) atoms. The average Bonchev–Trinajstić information content (AvgIpc) is 3.61. The summed E-state index contributed by atoms with van der Waals surface area (Å²) < 4.78 is 66.4. The Morgan fingerprint density at radius 2 is 2.08 bits per heavy atom. The summed E-state index contributed by atoms with van der Waals surface area (Å²) in [5.41, 5.74) is 5.26. The minimum Gasteiger partial charge on any atom is -0.470 e. The van der Waals surface area contributed by atoms with Crippen molar-refractivity contribution in [1.29, 1.82) is 0 Å². The second kappa shape index (κ2) is 9.78. The van der Waals surface area contributed by atoms with Gasteiger partial charge in [-0.3, -0.25) is 4.99 Å². The molecule has 1 aromatic carbocycles. The van der Waals surface area contributed by atoms with Gasteiger partial charge in [-0.05, 0) is 64.1 Å². The Balaban J connectivity index is 1.61. The highest BCUT2D eigenvalue weighted by atomic mass is 32.2. The summed E-state index contributed by atoms with van der Waals surface area (Å²) in [6.45, 7) is 8.19. The first kappa shape index (κ1) is 27.2. The normalized spacial score (nSPS) is 22.8. The quantitative estimate of drug-likeness (QED) is 0.393. The summed E-state index contributed by atoms with van der Waals surface area (Å²) >= 11 is 0. The molecule has 1 saturated carbocycles. The van der Waals surface area contributed by atoms with Crippen LogP contribution in [0.1, 0.15) is 49.3 Å². The van der Waals surface area contributed by atoms with E-state index in [-0.39, 0.29) is 29.7 Å². The number of aromatic nitrogens is 1. The maximum absolute atomic E-state index is 15.1. The number of benzene rings is 1. The lowest BCUT2D eigenvalue weighted by Gasteiger charge is -2.42. The molecule has 1 aromatic heterocycles. The second-order valence-electron chi connectivity index (χ2n) is 9.30.